The van der Waals surface area contributed by atoms with Crippen molar-refractivity contribution in [2.24, 2.45) is 23.7 Å². The van der Waals surface area contributed by atoms with Crippen LogP contribution in [0.2, 0.25) is 0 Å². The average molecular weight is 218 g/mol. The Hall–Kier alpha value is -1.18. The molecule has 0 aliphatic heterocycles. The molecular weight excluding hydrogens is 200 g/mol. The lowest BCUT2D eigenvalue weighted by Gasteiger charge is -2.49. The van der Waals surface area contributed by atoms with E-state index in [9.17, 15) is 9.59 Å². The summed E-state index contributed by atoms with van der Waals surface area (Å²) in [6.45, 7) is 11.3. The van der Waals surface area contributed by atoms with E-state index in [1.165, 1.54) is 0 Å². The van der Waals surface area contributed by atoms with Crippen LogP contribution in [0.5, 0.6) is 0 Å². The minimum Gasteiger partial charge on any atom is -0.300 e. The molecule has 3 rings (SSSR count). The highest BCUT2D eigenvalue weighted by Gasteiger charge is 2.50. The zero-order valence-corrected chi connectivity index (χ0v) is 9.95. The van der Waals surface area contributed by atoms with E-state index in [0.29, 0.717) is 0 Å². The van der Waals surface area contributed by atoms with E-state index < -0.39 is 0 Å². The summed E-state index contributed by atoms with van der Waals surface area (Å²) in [5.74, 6) is 0.281. The molecule has 0 radical (unpaired) electrons. The van der Waals surface area contributed by atoms with E-state index in [1.54, 1.807) is 13.8 Å². The first-order valence-corrected chi connectivity index (χ1v) is 5.79. The van der Waals surface area contributed by atoms with Crippen molar-refractivity contribution in [1.29, 1.82) is 0 Å². The van der Waals surface area contributed by atoms with E-state index in [2.05, 4.69) is 13.2 Å². The minimum absolute atomic E-state index is 0.128. The fourth-order valence-electron chi connectivity index (χ4n) is 3.49. The Morgan fingerprint density at radius 2 is 1.25 bits per heavy atom. The van der Waals surface area contributed by atoms with Crippen molar-refractivity contribution in [1.82, 2.24) is 0 Å². The molecule has 0 aromatic heterocycles. The summed E-state index contributed by atoms with van der Waals surface area (Å²) >= 11 is 0. The van der Waals surface area contributed by atoms with Gasteiger partial charge in [0.25, 0.3) is 0 Å². The zero-order valence-electron chi connectivity index (χ0n) is 9.95. The van der Waals surface area contributed by atoms with Gasteiger partial charge in [-0.25, -0.2) is 0 Å². The predicted molar refractivity (Wildman–Crippen MR) is 62.8 cm³/mol. The van der Waals surface area contributed by atoms with E-state index in [1.807, 2.05) is 0 Å². The minimum atomic E-state index is -0.144. The summed E-state index contributed by atoms with van der Waals surface area (Å²) in [6.07, 6.45) is 1.69. The Labute approximate surface area is 96.4 Å². The summed E-state index contributed by atoms with van der Waals surface area (Å²) in [6, 6.07) is 0. The van der Waals surface area contributed by atoms with Crippen LogP contribution in [0.1, 0.15) is 26.7 Å². The highest BCUT2D eigenvalue weighted by molar-refractivity contribution is 5.89. The largest absolute Gasteiger partial charge is 0.300 e. The van der Waals surface area contributed by atoms with Crippen molar-refractivity contribution in [2.75, 3.05) is 0 Å². The Kier molecular flexibility index (Phi) is 2.61. The van der Waals surface area contributed by atoms with E-state index in [-0.39, 0.29) is 35.2 Å². The monoisotopic (exact) mass is 218 g/mol. The third-order valence-corrected chi connectivity index (χ3v) is 4.21. The average Bonchev–Trinajstić information content (AvgIpc) is 2.17. The molecule has 0 heterocycles. The van der Waals surface area contributed by atoms with Crippen LogP contribution in [0.15, 0.2) is 24.3 Å². The lowest BCUT2D eigenvalue weighted by molar-refractivity contribution is -0.136. The summed E-state index contributed by atoms with van der Waals surface area (Å²) < 4.78 is 0. The fourth-order valence-corrected chi connectivity index (χ4v) is 3.49. The molecule has 3 fully saturated rings. The smallest absolute Gasteiger partial charge is 0.134 e. The number of hydrogen-bond donors (Lipinski definition) is 0. The first kappa shape index (κ1) is 11.3. The van der Waals surface area contributed by atoms with Gasteiger partial charge in [0.2, 0.25) is 0 Å². The van der Waals surface area contributed by atoms with Gasteiger partial charge in [-0.15, -0.1) is 0 Å². The van der Waals surface area contributed by atoms with Crippen LogP contribution in [-0.2, 0) is 9.59 Å². The Morgan fingerprint density at radius 3 is 1.50 bits per heavy atom. The molecule has 0 amide bonds. The van der Waals surface area contributed by atoms with Crippen LogP contribution in [0.25, 0.3) is 0 Å². The lowest BCUT2D eigenvalue weighted by Crippen LogP contribution is -2.48. The third kappa shape index (κ3) is 1.48. The molecule has 16 heavy (non-hydrogen) atoms. The quantitative estimate of drug-likeness (QED) is 0.667. The van der Waals surface area contributed by atoms with Crippen LogP contribution < -0.4 is 0 Å². The number of rotatable bonds is 2. The van der Waals surface area contributed by atoms with Gasteiger partial charge >= 0.3 is 0 Å². The van der Waals surface area contributed by atoms with Gasteiger partial charge in [-0.1, -0.05) is 24.3 Å². The van der Waals surface area contributed by atoms with E-state index in [0.717, 1.165) is 24.0 Å². The number of hydrogen-bond acceptors (Lipinski definition) is 2. The molecule has 0 spiro atoms. The second-order valence-corrected chi connectivity index (χ2v) is 5.21. The molecule has 3 aliphatic carbocycles. The summed E-state index contributed by atoms with van der Waals surface area (Å²) in [5.41, 5.74) is 2.27. The van der Waals surface area contributed by atoms with E-state index in [4.69, 9.17) is 0 Å². The number of fused-ring (bicyclic) bond motifs is 3. The predicted octanol–water partition coefficient (Wildman–Crippen LogP) is 2.55. The maximum Gasteiger partial charge on any atom is 0.134 e. The van der Waals surface area contributed by atoms with Crippen LogP contribution in [0, 0.1) is 23.7 Å². The highest BCUT2D eigenvalue weighted by Crippen LogP contribution is 2.53. The molecule has 0 aromatic carbocycles. The van der Waals surface area contributed by atoms with Gasteiger partial charge in [-0.3, -0.25) is 9.59 Å². The van der Waals surface area contributed by atoms with Gasteiger partial charge < -0.3 is 0 Å². The number of carbonyl (C=O) groups excluding carboxylic acids is 2. The van der Waals surface area contributed by atoms with Crippen molar-refractivity contribution in [2.45, 2.75) is 26.7 Å². The van der Waals surface area contributed by atoms with Crippen molar-refractivity contribution >= 4 is 11.6 Å². The molecule has 0 saturated heterocycles. The van der Waals surface area contributed by atoms with Gasteiger partial charge in [-0.05, 0) is 38.5 Å². The topological polar surface area (TPSA) is 34.1 Å². The maximum atomic E-state index is 11.7. The number of allylic oxidation sites excluding steroid dienone is 2. The SMILES string of the molecule is C=C1CC2C(=C)CC1C(C(C)=O)C2C(C)=O. The Morgan fingerprint density at radius 1 is 0.938 bits per heavy atom. The molecule has 0 aromatic rings. The summed E-state index contributed by atoms with van der Waals surface area (Å²) in [4.78, 5) is 23.5. The molecular formula is C14H18O2. The molecule has 2 nitrogen and oxygen atoms in total. The van der Waals surface area contributed by atoms with Gasteiger partial charge in [-0.2, -0.15) is 0 Å². The number of carbonyl (C=O) groups is 2. The second kappa shape index (κ2) is 3.69. The molecule has 3 saturated carbocycles. The van der Waals surface area contributed by atoms with Gasteiger partial charge in [0, 0.05) is 11.8 Å². The molecule has 86 valence electrons. The summed E-state index contributed by atoms with van der Waals surface area (Å²) in [7, 11) is 0. The first-order valence-electron chi connectivity index (χ1n) is 5.79. The van der Waals surface area contributed by atoms with Crippen molar-refractivity contribution in [3.63, 3.8) is 0 Å². The van der Waals surface area contributed by atoms with E-state index >= 15 is 0 Å². The van der Waals surface area contributed by atoms with Crippen LogP contribution in [-0.4, -0.2) is 11.6 Å². The maximum absolute atomic E-state index is 11.7. The molecule has 4 unspecified atom stereocenters. The van der Waals surface area contributed by atoms with Gasteiger partial charge in [0.15, 0.2) is 0 Å². The number of Topliss-reactive ketones (excluding diaryl/α,β-unsaturated/α-hetero) is 2. The van der Waals surface area contributed by atoms with Crippen LogP contribution >= 0.6 is 0 Å². The van der Waals surface area contributed by atoms with Crippen LogP contribution in [0.4, 0.5) is 0 Å². The molecule has 3 aliphatic rings. The van der Waals surface area contributed by atoms with Gasteiger partial charge in [0.05, 0.1) is 0 Å². The molecule has 0 N–H and O–H groups in total. The molecule has 4 atom stereocenters. The number of ketones is 2. The van der Waals surface area contributed by atoms with Crippen molar-refractivity contribution in [3.8, 4) is 0 Å². The fraction of sp³-hybridized carbons (Fsp3) is 0.571. The Balaban J connectivity index is 2.43. The van der Waals surface area contributed by atoms with Crippen molar-refractivity contribution < 1.29 is 9.59 Å². The Bertz CT molecular complexity index is 354. The van der Waals surface area contributed by atoms with Gasteiger partial charge in [0.1, 0.15) is 11.6 Å². The molecule has 2 bridgehead atoms. The van der Waals surface area contributed by atoms with Crippen LogP contribution in [0.3, 0.4) is 0 Å². The summed E-state index contributed by atoms with van der Waals surface area (Å²) in [5, 5.41) is 0. The third-order valence-electron chi connectivity index (χ3n) is 4.21. The zero-order chi connectivity index (χ0) is 12.0. The van der Waals surface area contributed by atoms with Crippen molar-refractivity contribution in [3.05, 3.63) is 24.3 Å². The first-order chi connectivity index (χ1) is 7.43. The molecule has 2 heteroatoms. The lowest BCUT2D eigenvalue weighted by atomic mass is 9.53. The highest BCUT2D eigenvalue weighted by atomic mass is 16.1. The standard InChI is InChI=1S/C14H18O2/c1-7-5-12-8(2)6-11(7)13(9(3)15)14(12)10(4)16/h11-14H,1-2,5-6H2,3-4H3. The second-order valence-electron chi connectivity index (χ2n) is 5.21. The normalized spacial score (nSPS) is 37.6.